The summed E-state index contributed by atoms with van der Waals surface area (Å²) in [5, 5.41) is 18.1. The third-order valence-corrected chi connectivity index (χ3v) is 6.64. The van der Waals surface area contributed by atoms with Crippen molar-refractivity contribution >= 4 is 5.82 Å². The zero-order valence-corrected chi connectivity index (χ0v) is 18.0. The van der Waals surface area contributed by atoms with Crippen LogP contribution in [0.2, 0.25) is 0 Å². The summed E-state index contributed by atoms with van der Waals surface area (Å²) in [6, 6.07) is 4.21. The average Bonchev–Trinajstić information content (AvgIpc) is 3.23. The van der Waals surface area contributed by atoms with Gasteiger partial charge in [0.25, 0.3) is 0 Å². The van der Waals surface area contributed by atoms with E-state index in [2.05, 4.69) is 20.4 Å². The van der Waals surface area contributed by atoms with Gasteiger partial charge < -0.3 is 15.3 Å². The Balaban J connectivity index is 1.38. The molecule has 0 saturated carbocycles. The van der Waals surface area contributed by atoms with Crippen molar-refractivity contribution in [2.45, 2.75) is 50.0 Å². The van der Waals surface area contributed by atoms with Crippen LogP contribution in [0, 0.1) is 5.82 Å². The number of aromatic nitrogens is 4. The largest absolute Gasteiger partial charge is 0.507 e. The first-order valence-electron chi connectivity index (χ1n) is 10.9. The summed E-state index contributed by atoms with van der Waals surface area (Å²) in [4.78, 5) is 10.7. The third-order valence-electron chi connectivity index (χ3n) is 6.64. The van der Waals surface area contributed by atoms with Crippen LogP contribution in [0.4, 0.5) is 14.6 Å². The molecule has 2 saturated heterocycles. The second-order valence-electron chi connectivity index (χ2n) is 8.74. The Kier molecular flexibility index (Phi) is 5.28. The van der Waals surface area contributed by atoms with Gasteiger partial charge in [-0.3, -0.25) is 9.67 Å². The second-order valence-corrected chi connectivity index (χ2v) is 8.74. The summed E-state index contributed by atoms with van der Waals surface area (Å²) in [5.41, 5.74) is 1.22. The molecular formula is C23H26F2N6O. The molecule has 4 atom stereocenters. The molecule has 5 rings (SSSR count). The highest BCUT2D eigenvalue weighted by Crippen LogP contribution is 2.35. The van der Waals surface area contributed by atoms with Crippen molar-refractivity contribution in [3.63, 3.8) is 0 Å². The highest BCUT2D eigenvalue weighted by Gasteiger charge is 2.41. The van der Waals surface area contributed by atoms with Crippen LogP contribution >= 0.6 is 0 Å². The zero-order chi connectivity index (χ0) is 22.4. The summed E-state index contributed by atoms with van der Waals surface area (Å²) < 4.78 is 31.4. The van der Waals surface area contributed by atoms with Crippen LogP contribution in [0.5, 0.6) is 5.75 Å². The van der Waals surface area contributed by atoms with Crippen LogP contribution in [-0.2, 0) is 7.05 Å². The van der Waals surface area contributed by atoms with Crippen LogP contribution in [0.3, 0.4) is 0 Å². The van der Waals surface area contributed by atoms with Crippen molar-refractivity contribution in [3.8, 4) is 28.3 Å². The molecule has 0 radical (unpaired) electrons. The zero-order valence-electron chi connectivity index (χ0n) is 18.0. The van der Waals surface area contributed by atoms with Gasteiger partial charge in [-0.2, -0.15) is 5.10 Å². The Morgan fingerprint density at radius 1 is 1.16 bits per heavy atom. The lowest BCUT2D eigenvalue weighted by Gasteiger charge is -2.46. The van der Waals surface area contributed by atoms with Crippen LogP contribution in [0.15, 0.2) is 36.8 Å². The molecule has 168 valence electrons. The molecule has 2 aromatic heterocycles. The number of anilines is 1. The van der Waals surface area contributed by atoms with Crippen molar-refractivity contribution in [1.29, 1.82) is 0 Å². The molecule has 9 heteroatoms. The molecule has 3 aromatic rings. The van der Waals surface area contributed by atoms with Gasteiger partial charge in [-0.15, -0.1) is 0 Å². The number of fused-ring (bicyclic) bond motifs is 2. The van der Waals surface area contributed by atoms with E-state index in [4.69, 9.17) is 0 Å². The van der Waals surface area contributed by atoms with Crippen LogP contribution < -0.4 is 10.2 Å². The lowest BCUT2D eigenvalue weighted by Crippen LogP contribution is -2.61. The number of nitrogens with zero attached hydrogens (tertiary/aromatic N) is 5. The number of hydrogen-bond acceptors (Lipinski definition) is 6. The molecular weight excluding hydrogens is 414 g/mol. The minimum atomic E-state index is -0.977. The standard InChI is InChI=1S/C23H26F2N6O/c1-30-7-6-17(29-30)14-10-21(32)15(9-16(14)24)19-11-27-22(12-26-19)31(2)20-8-13-4-3-5-18(28-13)23(20)25/h6-7,9-13,18,20,23,28,32H,3-5,8H2,1-2H3/t13?,18-,20+,23-/m0/s1. The number of nitrogens with one attached hydrogen (secondary N) is 1. The lowest BCUT2D eigenvalue weighted by molar-refractivity contribution is 0.107. The van der Waals surface area contributed by atoms with Crippen LogP contribution in [0.25, 0.3) is 22.5 Å². The first kappa shape index (κ1) is 20.8. The maximum atomic E-state index is 15.0. The van der Waals surface area contributed by atoms with Crippen LogP contribution in [0.1, 0.15) is 25.7 Å². The highest BCUT2D eigenvalue weighted by molar-refractivity contribution is 5.73. The Morgan fingerprint density at radius 3 is 2.72 bits per heavy atom. The normalized spacial score (nSPS) is 25.0. The van der Waals surface area contributed by atoms with Crippen molar-refractivity contribution in [1.82, 2.24) is 25.1 Å². The molecule has 0 spiro atoms. The highest BCUT2D eigenvalue weighted by atomic mass is 19.1. The number of aromatic hydroxyl groups is 1. The van der Waals surface area contributed by atoms with Gasteiger partial charge in [0.2, 0.25) is 0 Å². The maximum Gasteiger partial charge on any atom is 0.147 e. The fourth-order valence-corrected chi connectivity index (χ4v) is 4.89. The van der Waals surface area contributed by atoms with E-state index in [1.54, 1.807) is 30.2 Å². The monoisotopic (exact) mass is 440 g/mol. The minimum Gasteiger partial charge on any atom is -0.507 e. The molecule has 1 unspecified atom stereocenters. The minimum absolute atomic E-state index is 0.111. The van der Waals surface area contributed by atoms with Crippen molar-refractivity contribution in [3.05, 3.63) is 42.6 Å². The molecule has 1 aromatic carbocycles. The number of piperidine rings is 2. The number of benzene rings is 1. The fraction of sp³-hybridized carbons (Fsp3) is 0.435. The van der Waals surface area contributed by atoms with Gasteiger partial charge in [-0.05, 0) is 37.5 Å². The summed E-state index contributed by atoms with van der Waals surface area (Å²) in [7, 11) is 3.58. The van der Waals surface area contributed by atoms with E-state index in [9.17, 15) is 9.50 Å². The van der Waals surface area contributed by atoms with Gasteiger partial charge in [0.15, 0.2) is 0 Å². The van der Waals surface area contributed by atoms with Gasteiger partial charge in [0.1, 0.15) is 23.6 Å². The SMILES string of the molecule is CN(c1cnc(-c2cc(F)c(-c3ccn(C)n3)cc2O)cn1)[C@@H]1CC2CCC[C@H](N2)[C@@H]1F. The maximum absolute atomic E-state index is 15.0. The predicted molar refractivity (Wildman–Crippen MR) is 118 cm³/mol. The second kappa shape index (κ2) is 8.12. The number of alkyl halides is 1. The quantitative estimate of drug-likeness (QED) is 0.647. The fourth-order valence-electron chi connectivity index (χ4n) is 4.89. The number of rotatable bonds is 4. The first-order valence-corrected chi connectivity index (χ1v) is 10.9. The van der Waals surface area contributed by atoms with E-state index >= 15 is 4.39 Å². The molecule has 7 nitrogen and oxygen atoms in total. The van der Waals surface area contributed by atoms with E-state index in [1.807, 2.05) is 11.9 Å². The topological polar surface area (TPSA) is 79.1 Å². The average molecular weight is 440 g/mol. The summed E-state index contributed by atoms with van der Waals surface area (Å²) in [5.74, 6) is -0.0788. The number of hydrogen-bond donors (Lipinski definition) is 2. The lowest BCUT2D eigenvalue weighted by atomic mass is 9.82. The summed E-state index contributed by atoms with van der Waals surface area (Å²) in [6.45, 7) is 0. The van der Waals surface area contributed by atoms with E-state index in [1.165, 1.54) is 18.3 Å². The van der Waals surface area contributed by atoms with E-state index in [0.717, 1.165) is 25.7 Å². The molecule has 0 aliphatic carbocycles. The van der Waals surface area contributed by atoms with Gasteiger partial charge in [-0.1, -0.05) is 6.42 Å². The van der Waals surface area contributed by atoms with E-state index in [0.29, 0.717) is 23.2 Å². The number of halogens is 2. The van der Waals surface area contributed by atoms with Crippen molar-refractivity contribution in [2.75, 3.05) is 11.9 Å². The number of aryl methyl sites for hydroxylation is 1. The van der Waals surface area contributed by atoms with Gasteiger partial charge in [-0.25, -0.2) is 13.8 Å². The Bertz CT molecular complexity index is 1120. The molecule has 2 bridgehead atoms. The Labute approximate surface area is 185 Å². The number of phenolic OH excluding ortho intramolecular Hbond substituents is 1. The summed E-state index contributed by atoms with van der Waals surface area (Å²) >= 11 is 0. The molecule has 2 N–H and O–H groups in total. The van der Waals surface area contributed by atoms with Gasteiger partial charge >= 0.3 is 0 Å². The van der Waals surface area contributed by atoms with Gasteiger partial charge in [0, 0.05) is 43.5 Å². The molecule has 2 aliphatic heterocycles. The van der Waals surface area contributed by atoms with Gasteiger partial charge in [0.05, 0.1) is 29.8 Å². The summed E-state index contributed by atoms with van der Waals surface area (Å²) in [6.07, 6.45) is 7.46. The Hall–Kier alpha value is -3.07. The third kappa shape index (κ3) is 3.70. The molecule has 2 aliphatic rings. The first-order chi connectivity index (χ1) is 15.4. The van der Waals surface area contributed by atoms with E-state index < -0.39 is 12.0 Å². The molecule has 32 heavy (non-hydrogen) atoms. The smallest absolute Gasteiger partial charge is 0.147 e. The molecule has 4 heterocycles. The number of phenols is 1. The predicted octanol–water partition coefficient (Wildman–Crippen LogP) is 3.45. The molecule has 2 fully saturated rings. The van der Waals surface area contributed by atoms with Crippen molar-refractivity contribution < 1.29 is 13.9 Å². The Morgan fingerprint density at radius 2 is 2.00 bits per heavy atom. The van der Waals surface area contributed by atoms with E-state index in [-0.39, 0.29) is 29.0 Å². The molecule has 0 amide bonds. The van der Waals surface area contributed by atoms with Crippen LogP contribution in [-0.4, -0.2) is 56.2 Å². The van der Waals surface area contributed by atoms with Crippen molar-refractivity contribution in [2.24, 2.45) is 7.05 Å².